The molecule has 1 fully saturated rings. The zero-order valence-corrected chi connectivity index (χ0v) is 9.01. The molecule has 0 saturated carbocycles. The number of rotatable bonds is 2. The Balaban J connectivity index is 2.54. The molecule has 1 amide bonds. The van der Waals surface area contributed by atoms with Crippen LogP contribution in [0.4, 0.5) is 0 Å². The molecule has 1 N–H and O–H groups in total. The second-order valence-electron chi connectivity index (χ2n) is 3.98. The highest BCUT2D eigenvalue weighted by molar-refractivity contribution is 5.91. The van der Waals surface area contributed by atoms with Crippen LogP contribution < -0.4 is 0 Å². The van der Waals surface area contributed by atoms with Crippen LogP contribution in [0.25, 0.3) is 0 Å². The van der Waals surface area contributed by atoms with Crippen LogP contribution in [-0.4, -0.2) is 28.9 Å². The number of carbonyl (C=O) groups excluding carboxylic acids is 1. The molecule has 84 valence electrons. The quantitative estimate of drug-likeness (QED) is 0.813. The van der Waals surface area contributed by atoms with E-state index in [0.717, 1.165) is 0 Å². The normalized spacial score (nSPS) is 24.8. The van der Waals surface area contributed by atoms with Gasteiger partial charge in [-0.2, -0.15) is 0 Å². The second-order valence-corrected chi connectivity index (χ2v) is 3.98. The molecule has 0 spiro atoms. The van der Waals surface area contributed by atoms with Crippen molar-refractivity contribution in [2.75, 3.05) is 7.05 Å². The molecule has 1 aliphatic heterocycles. The maximum Gasteiger partial charge on any atom is 0.334 e. The zero-order valence-electron chi connectivity index (χ0n) is 9.01. The maximum atomic E-state index is 11.5. The van der Waals surface area contributed by atoms with Gasteiger partial charge in [0.25, 0.3) is 0 Å². The molecule has 16 heavy (non-hydrogen) atoms. The monoisotopic (exact) mass is 219 g/mol. The van der Waals surface area contributed by atoms with Crippen LogP contribution in [0.2, 0.25) is 0 Å². The summed E-state index contributed by atoms with van der Waals surface area (Å²) in [6.07, 6.45) is 0.624. The topological polar surface area (TPSA) is 57.6 Å². The first-order chi connectivity index (χ1) is 7.59. The largest absolute Gasteiger partial charge is 0.479 e. The minimum Gasteiger partial charge on any atom is -0.479 e. The Bertz CT molecular complexity index is 429. The first-order valence-corrected chi connectivity index (χ1v) is 5.14. The van der Waals surface area contributed by atoms with Gasteiger partial charge in [0.2, 0.25) is 5.91 Å². The summed E-state index contributed by atoms with van der Waals surface area (Å²) in [6.45, 7) is 0. The van der Waals surface area contributed by atoms with Crippen LogP contribution in [0.5, 0.6) is 0 Å². The molecule has 0 radical (unpaired) electrons. The number of carboxylic acids is 1. The van der Waals surface area contributed by atoms with Crippen molar-refractivity contribution in [2.45, 2.75) is 18.4 Å². The molecule has 1 atom stereocenters. The van der Waals surface area contributed by atoms with E-state index in [0.29, 0.717) is 12.0 Å². The van der Waals surface area contributed by atoms with E-state index in [2.05, 4.69) is 0 Å². The predicted molar refractivity (Wildman–Crippen MR) is 57.8 cm³/mol. The highest BCUT2D eigenvalue weighted by Crippen LogP contribution is 2.38. The van der Waals surface area contributed by atoms with Gasteiger partial charge >= 0.3 is 5.97 Å². The summed E-state index contributed by atoms with van der Waals surface area (Å²) in [7, 11) is 1.55. The molecule has 0 bridgehead atoms. The van der Waals surface area contributed by atoms with Crippen molar-refractivity contribution in [2.24, 2.45) is 0 Å². The van der Waals surface area contributed by atoms with Gasteiger partial charge in [-0.3, -0.25) is 4.79 Å². The van der Waals surface area contributed by atoms with Crippen LogP contribution in [0.1, 0.15) is 18.4 Å². The van der Waals surface area contributed by atoms with Gasteiger partial charge < -0.3 is 10.0 Å². The van der Waals surface area contributed by atoms with Crippen LogP contribution in [-0.2, 0) is 15.1 Å². The van der Waals surface area contributed by atoms with Gasteiger partial charge in [0.1, 0.15) is 0 Å². The third-order valence-electron chi connectivity index (χ3n) is 3.25. The third-order valence-corrected chi connectivity index (χ3v) is 3.25. The summed E-state index contributed by atoms with van der Waals surface area (Å²) < 4.78 is 0. The molecule has 4 heteroatoms. The molecule has 0 aliphatic carbocycles. The number of hydrogen-bond donors (Lipinski definition) is 1. The molecule has 1 unspecified atom stereocenters. The SMILES string of the molecule is CN1C(=O)CCC1(C(=O)O)c1ccccc1. The lowest BCUT2D eigenvalue weighted by atomic mass is 9.87. The summed E-state index contributed by atoms with van der Waals surface area (Å²) in [4.78, 5) is 24.4. The second kappa shape index (κ2) is 3.63. The van der Waals surface area contributed by atoms with Gasteiger partial charge in [0.15, 0.2) is 5.54 Å². The molecule has 1 aromatic carbocycles. The minimum atomic E-state index is -1.18. The van der Waals surface area contributed by atoms with Gasteiger partial charge in [-0.1, -0.05) is 30.3 Å². The average molecular weight is 219 g/mol. The molecule has 1 aliphatic rings. The minimum absolute atomic E-state index is 0.119. The first-order valence-electron chi connectivity index (χ1n) is 5.14. The Kier molecular flexibility index (Phi) is 2.42. The van der Waals surface area contributed by atoms with E-state index in [-0.39, 0.29) is 12.3 Å². The Morgan fingerprint density at radius 1 is 1.38 bits per heavy atom. The number of carboxylic acid groups (broad SMARTS) is 1. The van der Waals surface area contributed by atoms with Crippen molar-refractivity contribution >= 4 is 11.9 Å². The molecule has 1 saturated heterocycles. The Hall–Kier alpha value is -1.84. The molecule has 1 heterocycles. The smallest absolute Gasteiger partial charge is 0.334 e. The maximum absolute atomic E-state index is 11.5. The molecule has 1 aromatic rings. The Morgan fingerprint density at radius 2 is 2.00 bits per heavy atom. The van der Waals surface area contributed by atoms with E-state index in [1.807, 2.05) is 6.07 Å². The van der Waals surface area contributed by atoms with Crippen LogP contribution >= 0.6 is 0 Å². The van der Waals surface area contributed by atoms with Crippen molar-refractivity contribution < 1.29 is 14.7 Å². The summed E-state index contributed by atoms with van der Waals surface area (Å²) >= 11 is 0. The lowest BCUT2D eigenvalue weighted by molar-refractivity contribution is -0.153. The van der Waals surface area contributed by atoms with E-state index in [1.54, 1.807) is 31.3 Å². The first kappa shape index (κ1) is 10.7. The fraction of sp³-hybridized carbons (Fsp3) is 0.333. The van der Waals surface area contributed by atoms with Crippen molar-refractivity contribution in [3.05, 3.63) is 35.9 Å². The van der Waals surface area contributed by atoms with Gasteiger partial charge in [0.05, 0.1) is 0 Å². The molecule has 0 aromatic heterocycles. The van der Waals surface area contributed by atoms with Crippen molar-refractivity contribution in [1.82, 2.24) is 4.90 Å². The van der Waals surface area contributed by atoms with Gasteiger partial charge in [-0.25, -0.2) is 4.79 Å². The molecular weight excluding hydrogens is 206 g/mol. The lowest BCUT2D eigenvalue weighted by Crippen LogP contribution is -2.47. The number of hydrogen-bond acceptors (Lipinski definition) is 2. The number of nitrogens with zero attached hydrogens (tertiary/aromatic N) is 1. The molecule has 2 rings (SSSR count). The zero-order chi connectivity index (χ0) is 11.8. The van der Waals surface area contributed by atoms with Gasteiger partial charge in [-0.15, -0.1) is 0 Å². The number of aliphatic carboxylic acids is 1. The predicted octanol–water partition coefficient (Wildman–Crippen LogP) is 1.22. The van der Waals surface area contributed by atoms with E-state index in [9.17, 15) is 14.7 Å². The number of likely N-dealkylation sites (tertiary alicyclic amines) is 1. The summed E-state index contributed by atoms with van der Waals surface area (Å²) in [6, 6.07) is 8.91. The average Bonchev–Trinajstić information content (AvgIpc) is 2.59. The van der Waals surface area contributed by atoms with Crippen LogP contribution in [0.3, 0.4) is 0 Å². The number of amides is 1. The highest BCUT2D eigenvalue weighted by atomic mass is 16.4. The standard InChI is InChI=1S/C12H13NO3/c1-13-10(14)7-8-12(13,11(15)16)9-5-3-2-4-6-9/h2-6H,7-8H2,1H3,(H,15,16). The van der Waals surface area contributed by atoms with Crippen LogP contribution in [0, 0.1) is 0 Å². The third kappa shape index (κ3) is 1.30. The van der Waals surface area contributed by atoms with Crippen molar-refractivity contribution in [1.29, 1.82) is 0 Å². The van der Waals surface area contributed by atoms with Crippen molar-refractivity contribution in [3.8, 4) is 0 Å². The van der Waals surface area contributed by atoms with Gasteiger partial charge in [0, 0.05) is 13.5 Å². The van der Waals surface area contributed by atoms with Crippen molar-refractivity contribution in [3.63, 3.8) is 0 Å². The van der Waals surface area contributed by atoms with E-state index in [4.69, 9.17) is 0 Å². The van der Waals surface area contributed by atoms with E-state index >= 15 is 0 Å². The number of likely N-dealkylation sites (N-methyl/N-ethyl adjacent to an activating group) is 1. The Labute approximate surface area is 93.5 Å². The van der Waals surface area contributed by atoms with E-state index < -0.39 is 11.5 Å². The van der Waals surface area contributed by atoms with E-state index in [1.165, 1.54) is 4.90 Å². The Morgan fingerprint density at radius 3 is 2.44 bits per heavy atom. The molecule has 4 nitrogen and oxygen atoms in total. The molecular formula is C12H13NO3. The fourth-order valence-corrected chi connectivity index (χ4v) is 2.26. The van der Waals surface area contributed by atoms with Gasteiger partial charge in [-0.05, 0) is 12.0 Å². The summed E-state index contributed by atoms with van der Waals surface area (Å²) in [5.74, 6) is -1.08. The fourth-order valence-electron chi connectivity index (χ4n) is 2.26. The highest BCUT2D eigenvalue weighted by Gasteiger charge is 2.50. The number of benzene rings is 1. The van der Waals surface area contributed by atoms with Crippen LogP contribution in [0.15, 0.2) is 30.3 Å². The number of carbonyl (C=O) groups is 2. The summed E-state index contributed by atoms with van der Waals surface area (Å²) in [5.41, 5.74) is -0.519. The lowest BCUT2D eigenvalue weighted by Gasteiger charge is -2.32. The summed E-state index contributed by atoms with van der Waals surface area (Å²) in [5, 5.41) is 9.41.